The smallest absolute Gasteiger partial charge is 0.224 e. The summed E-state index contributed by atoms with van der Waals surface area (Å²) in [6.45, 7) is 0.830. The lowest BCUT2D eigenvalue weighted by molar-refractivity contribution is -0.116. The van der Waals surface area contributed by atoms with E-state index in [0.29, 0.717) is 6.42 Å². The molecule has 1 saturated heterocycles. The summed E-state index contributed by atoms with van der Waals surface area (Å²) in [5.41, 5.74) is 3.86. The Labute approximate surface area is 146 Å². The molecule has 4 rings (SSSR count). The summed E-state index contributed by atoms with van der Waals surface area (Å²) in [5.74, 6) is 0.0383. The van der Waals surface area contributed by atoms with Crippen LogP contribution < -0.4 is 5.32 Å². The average molecular weight is 335 g/mol. The quantitative estimate of drug-likeness (QED) is 0.769. The zero-order chi connectivity index (χ0) is 17.1. The van der Waals surface area contributed by atoms with Gasteiger partial charge in [-0.15, -0.1) is 0 Å². The van der Waals surface area contributed by atoms with Gasteiger partial charge in [0.2, 0.25) is 5.91 Å². The lowest BCUT2D eigenvalue weighted by Gasteiger charge is -2.10. The Balaban J connectivity index is 1.40. The summed E-state index contributed by atoms with van der Waals surface area (Å²) >= 11 is 0. The number of nitrogens with zero attached hydrogens (tertiary/aromatic N) is 2. The number of rotatable bonds is 5. The van der Waals surface area contributed by atoms with E-state index in [1.165, 1.54) is 0 Å². The van der Waals surface area contributed by atoms with Gasteiger partial charge in [-0.3, -0.25) is 9.36 Å². The molecular weight excluding hydrogens is 314 g/mol. The molecule has 5 heteroatoms. The van der Waals surface area contributed by atoms with Crippen LogP contribution in [0.15, 0.2) is 54.9 Å². The van der Waals surface area contributed by atoms with Crippen molar-refractivity contribution in [1.29, 1.82) is 0 Å². The minimum atomic E-state index is 0.0383. The van der Waals surface area contributed by atoms with Gasteiger partial charge in [0.25, 0.3) is 0 Å². The predicted molar refractivity (Wildman–Crippen MR) is 97.9 cm³/mol. The maximum atomic E-state index is 12.1. The summed E-state index contributed by atoms with van der Waals surface area (Å²) in [4.78, 5) is 16.5. The molecular formula is C20H21N3O2. The second kappa shape index (κ2) is 7.07. The molecule has 0 saturated carbocycles. The van der Waals surface area contributed by atoms with E-state index in [1.54, 1.807) is 0 Å². The molecule has 0 spiro atoms. The Hall–Kier alpha value is -2.66. The van der Waals surface area contributed by atoms with Gasteiger partial charge in [0.1, 0.15) is 6.33 Å². The SMILES string of the molecule is O=C(CC[C@@H]1CCCO1)Nc1ccc(-n2cnc3ccccc32)cc1. The maximum Gasteiger partial charge on any atom is 0.224 e. The first kappa shape index (κ1) is 15.8. The monoisotopic (exact) mass is 335 g/mol. The van der Waals surface area contributed by atoms with E-state index in [0.717, 1.165) is 48.3 Å². The normalized spacial score (nSPS) is 17.0. The molecule has 0 radical (unpaired) electrons. The number of hydrogen-bond acceptors (Lipinski definition) is 3. The van der Waals surface area contributed by atoms with Crippen molar-refractivity contribution in [2.45, 2.75) is 31.8 Å². The van der Waals surface area contributed by atoms with Crippen LogP contribution in [0.25, 0.3) is 16.7 Å². The minimum Gasteiger partial charge on any atom is -0.378 e. The maximum absolute atomic E-state index is 12.1. The molecule has 25 heavy (non-hydrogen) atoms. The lowest BCUT2D eigenvalue weighted by Crippen LogP contribution is -2.15. The Kier molecular flexibility index (Phi) is 4.48. The van der Waals surface area contributed by atoms with E-state index in [9.17, 15) is 4.79 Å². The minimum absolute atomic E-state index is 0.0383. The number of ether oxygens (including phenoxy) is 1. The molecule has 1 aliphatic heterocycles. The molecule has 1 amide bonds. The number of carbonyl (C=O) groups is 1. The van der Waals surface area contributed by atoms with Crippen molar-refractivity contribution in [3.8, 4) is 5.69 Å². The van der Waals surface area contributed by atoms with E-state index in [1.807, 2.05) is 59.4 Å². The molecule has 1 aliphatic rings. The standard InChI is InChI=1S/C20H21N3O2/c24-20(12-11-17-4-3-13-25-17)22-15-7-9-16(10-8-15)23-14-21-18-5-1-2-6-19(18)23/h1-2,5-10,14,17H,3-4,11-13H2,(H,22,24)/t17-/m0/s1. The van der Waals surface area contributed by atoms with Crippen LogP contribution in [0.5, 0.6) is 0 Å². The second-order valence-corrected chi connectivity index (χ2v) is 6.37. The van der Waals surface area contributed by atoms with Gasteiger partial charge in [-0.25, -0.2) is 4.98 Å². The second-order valence-electron chi connectivity index (χ2n) is 6.37. The number of nitrogens with one attached hydrogen (secondary N) is 1. The van der Waals surface area contributed by atoms with Crippen LogP contribution in [-0.2, 0) is 9.53 Å². The Morgan fingerprint density at radius 2 is 2.04 bits per heavy atom. The molecule has 1 atom stereocenters. The zero-order valence-electron chi connectivity index (χ0n) is 14.0. The summed E-state index contributed by atoms with van der Waals surface area (Å²) in [6.07, 6.45) is 5.55. The van der Waals surface area contributed by atoms with Crippen LogP contribution >= 0.6 is 0 Å². The van der Waals surface area contributed by atoms with E-state index in [4.69, 9.17) is 4.74 Å². The van der Waals surface area contributed by atoms with Crippen molar-refractivity contribution < 1.29 is 9.53 Å². The summed E-state index contributed by atoms with van der Waals surface area (Å²) < 4.78 is 7.60. The number of para-hydroxylation sites is 2. The van der Waals surface area contributed by atoms with Gasteiger partial charge >= 0.3 is 0 Å². The van der Waals surface area contributed by atoms with E-state index >= 15 is 0 Å². The van der Waals surface area contributed by atoms with Crippen LogP contribution in [0, 0.1) is 0 Å². The Morgan fingerprint density at radius 1 is 1.20 bits per heavy atom. The first-order chi connectivity index (χ1) is 12.3. The predicted octanol–water partition coefficient (Wildman–Crippen LogP) is 3.92. The highest BCUT2D eigenvalue weighted by Crippen LogP contribution is 2.20. The first-order valence-electron chi connectivity index (χ1n) is 8.73. The molecule has 1 N–H and O–H groups in total. The highest BCUT2D eigenvalue weighted by atomic mass is 16.5. The fraction of sp³-hybridized carbons (Fsp3) is 0.300. The van der Waals surface area contributed by atoms with Crippen molar-refractivity contribution in [1.82, 2.24) is 9.55 Å². The van der Waals surface area contributed by atoms with Crippen LogP contribution in [0.2, 0.25) is 0 Å². The molecule has 0 aliphatic carbocycles. The number of anilines is 1. The van der Waals surface area contributed by atoms with Crippen LogP contribution in [0.4, 0.5) is 5.69 Å². The molecule has 2 heterocycles. The number of imidazole rings is 1. The number of amides is 1. The Bertz CT molecular complexity index is 864. The number of hydrogen-bond donors (Lipinski definition) is 1. The van der Waals surface area contributed by atoms with Crippen molar-refractivity contribution in [3.05, 3.63) is 54.9 Å². The van der Waals surface area contributed by atoms with E-state index < -0.39 is 0 Å². The summed E-state index contributed by atoms with van der Waals surface area (Å²) in [7, 11) is 0. The largest absolute Gasteiger partial charge is 0.378 e. The van der Waals surface area contributed by atoms with Gasteiger partial charge in [-0.1, -0.05) is 12.1 Å². The summed E-state index contributed by atoms with van der Waals surface area (Å²) in [6, 6.07) is 15.9. The van der Waals surface area contributed by atoms with Gasteiger partial charge < -0.3 is 10.1 Å². The zero-order valence-corrected chi connectivity index (χ0v) is 14.0. The molecule has 3 aromatic rings. The molecule has 0 bridgehead atoms. The van der Waals surface area contributed by atoms with E-state index in [-0.39, 0.29) is 12.0 Å². The van der Waals surface area contributed by atoms with Gasteiger partial charge in [0.15, 0.2) is 0 Å². The fourth-order valence-electron chi connectivity index (χ4n) is 3.26. The topological polar surface area (TPSA) is 56.1 Å². The van der Waals surface area contributed by atoms with Gasteiger partial charge in [-0.2, -0.15) is 0 Å². The third-order valence-corrected chi connectivity index (χ3v) is 4.60. The molecule has 1 aromatic heterocycles. The van der Waals surface area contributed by atoms with Crippen molar-refractivity contribution in [2.24, 2.45) is 0 Å². The van der Waals surface area contributed by atoms with Crippen molar-refractivity contribution in [2.75, 3.05) is 11.9 Å². The molecule has 128 valence electrons. The highest BCUT2D eigenvalue weighted by molar-refractivity contribution is 5.90. The first-order valence-corrected chi connectivity index (χ1v) is 8.73. The number of fused-ring (bicyclic) bond motifs is 1. The van der Waals surface area contributed by atoms with E-state index in [2.05, 4.69) is 10.3 Å². The third-order valence-electron chi connectivity index (χ3n) is 4.60. The van der Waals surface area contributed by atoms with Crippen molar-refractivity contribution in [3.63, 3.8) is 0 Å². The molecule has 0 unspecified atom stereocenters. The fourth-order valence-corrected chi connectivity index (χ4v) is 3.26. The lowest BCUT2D eigenvalue weighted by atomic mass is 10.1. The molecule has 2 aromatic carbocycles. The summed E-state index contributed by atoms with van der Waals surface area (Å²) in [5, 5.41) is 2.96. The molecule has 5 nitrogen and oxygen atoms in total. The highest BCUT2D eigenvalue weighted by Gasteiger charge is 2.16. The van der Waals surface area contributed by atoms with Crippen molar-refractivity contribution >= 4 is 22.6 Å². The van der Waals surface area contributed by atoms with Gasteiger partial charge in [-0.05, 0) is 55.7 Å². The number of aromatic nitrogens is 2. The Morgan fingerprint density at radius 3 is 2.84 bits per heavy atom. The van der Waals surface area contributed by atoms with Crippen LogP contribution in [-0.4, -0.2) is 28.2 Å². The molecule has 1 fully saturated rings. The van der Waals surface area contributed by atoms with Gasteiger partial charge in [0, 0.05) is 24.4 Å². The number of benzene rings is 2. The van der Waals surface area contributed by atoms with Crippen LogP contribution in [0.3, 0.4) is 0 Å². The third kappa shape index (κ3) is 3.56. The van der Waals surface area contributed by atoms with Gasteiger partial charge in [0.05, 0.1) is 17.1 Å². The van der Waals surface area contributed by atoms with Crippen LogP contribution in [0.1, 0.15) is 25.7 Å². The average Bonchev–Trinajstić information content (AvgIpc) is 3.30. The number of carbonyl (C=O) groups excluding carboxylic acids is 1.